The van der Waals surface area contributed by atoms with Gasteiger partial charge in [-0.1, -0.05) is 26.7 Å². The van der Waals surface area contributed by atoms with Crippen LogP contribution in [-0.4, -0.2) is 11.9 Å². The molecular formula is C13H17Br2NOS. The van der Waals surface area contributed by atoms with Gasteiger partial charge in [0.2, 0.25) is 0 Å². The molecule has 1 N–H and O–H groups in total. The van der Waals surface area contributed by atoms with Crippen molar-refractivity contribution in [1.29, 1.82) is 0 Å². The molecule has 0 saturated heterocycles. The van der Waals surface area contributed by atoms with Gasteiger partial charge in [-0.15, -0.1) is 11.3 Å². The number of hydrogen-bond donors (Lipinski definition) is 1. The van der Waals surface area contributed by atoms with Crippen LogP contribution < -0.4 is 5.32 Å². The Morgan fingerprint density at radius 1 is 1.39 bits per heavy atom. The fourth-order valence-electron chi connectivity index (χ4n) is 2.48. The SMILES string of the molecule is C[C@@H]1[C@H](C)CCC[C@H]1NC(=O)c1cc(Br)c(Br)s1. The Morgan fingerprint density at radius 2 is 2.11 bits per heavy atom. The van der Waals surface area contributed by atoms with Crippen LogP contribution in [0.4, 0.5) is 0 Å². The third kappa shape index (κ3) is 3.17. The van der Waals surface area contributed by atoms with Gasteiger partial charge in [0.25, 0.3) is 5.91 Å². The third-order valence-corrected chi connectivity index (χ3v) is 7.15. The van der Waals surface area contributed by atoms with E-state index in [1.807, 2.05) is 6.07 Å². The predicted molar refractivity (Wildman–Crippen MR) is 83.2 cm³/mol. The van der Waals surface area contributed by atoms with Gasteiger partial charge in [0.15, 0.2) is 0 Å². The minimum atomic E-state index is 0.0531. The summed E-state index contributed by atoms with van der Waals surface area (Å²) in [4.78, 5) is 13.0. The molecule has 1 aliphatic rings. The van der Waals surface area contributed by atoms with Crippen molar-refractivity contribution in [2.75, 3.05) is 0 Å². The molecule has 5 heteroatoms. The van der Waals surface area contributed by atoms with E-state index in [0.717, 1.165) is 19.6 Å². The molecule has 1 saturated carbocycles. The first kappa shape index (κ1) is 14.5. The second kappa shape index (κ2) is 6.06. The molecule has 1 amide bonds. The van der Waals surface area contributed by atoms with Crippen LogP contribution in [0.25, 0.3) is 0 Å². The Labute approximate surface area is 129 Å². The summed E-state index contributed by atoms with van der Waals surface area (Å²) in [5.74, 6) is 1.32. The lowest BCUT2D eigenvalue weighted by molar-refractivity contribution is 0.0895. The van der Waals surface area contributed by atoms with Crippen molar-refractivity contribution in [3.8, 4) is 0 Å². The van der Waals surface area contributed by atoms with Crippen molar-refractivity contribution in [1.82, 2.24) is 5.32 Å². The molecular weight excluding hydrogens is 378 g/mol. The smallest absolute Gasteiger partial charge is 0.261 e. The van der Waals surface area contributed by atoms with Gasteiger partial charge in [0.05, 0.1) is 8.66 Å². The molecule has 1 aromatic heterocycles. The molecule has 1 fully saturated rings. The second-order valence-electron chi connectivity index (χ2n) is 5.08. The zero-order valence-corrected chi connectivity index (χ0v) is 14.5. The Kier molecular flexibility index (Phi) is 4.89. The minimum absolute atomic E-state index is 0.0531. The molecule has 0 aromatic carbocycles. The highest BCUT2D eigenvalue weighted by molar-refractivity contribution is 9.13. The summed E-state index contributed by atoms with van der Waals surface area (Å²) in [6, 6.07) is 2.20. The van der Waals surface area contributed by atoms with E-state index in [9.17, 15) is 4.79 Å². The lowest BCUT2D eigenvalue weighted by Gasteiger charge is -2.34. The van der Waals surface area contributed by atoms with Crippen molar-refractivity contribution in [3.63, 3.8) is 0 Å². The van der Waals surface area contributed by atoms with E-state index >= 15 is 0 Å². The van der Waals surface area contributed by atoms with Crippen LogP contribution in [0.1, 0.15) is 42.8 Å². The average molecular weight is 395 g/mol. The molecule has 0 aliphatic heterocycles. The normalized spacial score (nSPS) is 28.1. The molecule has 0 spiro atoms. The molecule has 2 nitrogen and oxygen atoms in total. The van der Waals surface area contributed by atoms with Gasteiger partial charge in [0.1, 0.15) is 0 Å². The van der Waals surface area contributed by atoms with Gasteiger partial charge in [-0.3, -0.25) is 4.79 Å². The number of carbonyl (C=O) groups is 1. The third-order valence-electron chi connectivity index (χ3n) is 3.89. The first-order chi connectivity index (χ1) is 8.49. The van der Waals surface area contributed by atoms with Crippen LogP contribution in [0.3, 0.4) is 0 Å². The number of hydrogen-bond acceptors (Lipinski definition) is 2. The topological polar surface area (TPSA) is 29.1 Å². The van der Waals surface area contributed by atoms with Crippen LogP contribution >= 0.6 is 43.2 Å². The molecule has 1 aromatic rings. The van der Waals surface area contributed by atoms with Gasteiger partial charge in [0, 0.05) is 10.5 Å². The predicted octanol–water partition coefficient (Wildman–Crippen LogP) is 4.83. The number of amides is 1. The molecule has 0 unspecified atom stereocenters. The second-order valence-corrected chi connectivity index (χ2v) is 8.30. The fraction of sp³-hybridized carbons (Fsp3) is 0.615. The molecule has 0 radical (unpaired) electrons. The summed E-state index contributed by atoms with van der Waals surface area (Å²) in [6.45, 7) is 4.52. The van der Waals surface area contributed by atoms with Crippen LogP contribution in [-0.2, 0) is 0 Å². The monoisotopic (exact) mass is 393 g/mol. The summed E-state index contributed by atoms with van der Waals surface area (Å²) in [5.41, 5.74) is 0. The van der Waals surface area contributed by atoms with E-state index in [0.29, 0.717) is 17.9 Å². The van der Waals surface area contributed by atoms with E-state index in [-0.39, 0.29) is 5.91 Å². The molecule has 1 heterocycles. The highest BCUT2D eigenvalue weighted by atomic mass is 79.9. The molecule has 18 heavy (non-hydrogen) atoms. The van der Waals surface area contributed by atoms with Crippen molar-refractivity contribution in [2.45, 2.75) is 39.2 Å². The Hall–Kier alpha value is 0.130. The van der Waals surface area contributed by atoms with E-state index in [1.54, 1.807) is 0 Å². The summed E-state index contributed by atoms with van der Waals surface area (Å²) >= 11 is 8.31. The molecule has 0 bridgehead atoms. The minimum Gasteiger partial charge on any atom is -0.348 e. The van der Waals surface area contributed by atoms with E-state index in [2.05, 4.69) is 51.0 Å². The average Bonchev–Trinajstić information content (AvgIpc) is 2.66. The summed E-state index contributed by atoms with van der Waals surface area (Å²) in [6.07, 6.45) is 3.60. The van der Waals surface area contributed by atoms with Crippen LogP contribution in [0.2, 0.25) is 0 Å². The maximum Gasteiger partial charge on any atom is 0.261 e. The fourth-order valence-corrected chi connectivity index (χ4v) is 4.42. The van der Waals surface area contributed by atoms with Gasteiger partial charge < -0.3 is 5.32 Å². The van der Waals surface area contributed by atoms with Gasteiger partial charge in [-0.25, -0.2) is 0 Å². The van der Waals surface area contributed by atoms with Crippen molar-refractivity contribution < 1.29 is 4.79 Å². The quantitative estimate of drug-likeness (QED) is 0.764. The van der Waals surface area contributed by atoms with E-state index in [1.165, 1.54) is 24.2 Å². The highest BCUT2D eigenvalue weighted by Gasteiger charge is 2.28. The zero-order chi connectivity index (χ0) is 13.3. The van der Waals surface area contributed by atoms with Gasteiger partial charge in [-0.2, -0.15) is 0 Å². The Morgan fingerprint density at radius 3 is 2.72 bits per heavy atom. The zero-order valence-electron chi connectivity index (χ0n) is 10.5. The summed E-state index contributed by atoms with van der Waals surface area (Å²) in [7, 11) is 0. The van der Waals surface area contributed by atoms with Crippen LogP contribution in [0.5, 0.6) is 0 Å². The van der Waals surface area contributed by atoms with Gasteiger partial charge in [-0.05, 0) is 56.2 Å². The first-order valence-corrected chi connectivity index (χ1v) is 8.65. The summed E-state index contributed by atoms with van der Waals surface area (Å²) in [5, 5.41) is 3.19. The Balaban J connectivity index is 2.02. The molecule has 100 valence electrons. The lowest BCUT2D eigenvalue weighted by atomic mass is 9.78. The Bertz CT molecular complexity index is 427. The molecule has 2 rings (SSSR count). The van der Waals surface area contributed by atoms with Gasteiger partial charge >= 0.3 is 0 Å². The highest BCUT2D eigenvalue weighted by Crippen LogP contribution is 2.33. The summed E-state index contributed by atoms with van der Waals surface area (Å²) < 4.78 is 1.92. The van der Waals surface area contributed by atoms with E-state index < -0.39 is 0 Å². The number of halogens is 2. The van der Waals surface area contributed by atoms with Crippen LogP contribution in [0.15, 0.2) is 14.3 Å². The van der Waals surface area contributed by atoms with E-state index in [4.69, 9.17) is 0 Å². The standard InChI is InChI=1S/C13H17Br2NOS/c1-7-4-3-5-10(8(7)2)16-13(17)11-6-9(14)12(15)18-11/h6-8,10H,3-5H2,1-2H3,(H,16,17)/t7-,8-,10-/m1/s1. The molecule has 1 aliphatic carbocycles. The number of rotatable bonds is 2. The number of nitrogens with one attached hydrogen (secondary N) is 1. The lowest BCUT2D eigenvalue weighted by Crippen LogP contribution is -2.43. The first-order valence-electron chi connectivity index (χ1n) is 6.24. The van der Waals surface area contributed by atoms with Crippen molar-refractivity contribution in [3.05, 3.63) is 19.2 Å². The maximum absolute atomic E-state index is 12.2. The largest absolute Gasteiger partial charge is 0.348 e. The van der Waals surface area contributed by atoms with Crippen molar-refractivity contribution in [2.24, 2.45) is 11.8 Å². The number of thiophene rings is 1. The number of carbonyl (C=O) groups excluding carboxylic acids is 1. The molecule has 3 atom stereocenters. The van der Waals surface area contributed by atoms with Crippen LogP contribution in [0, 0.1) is 11.8 Å². The van der Waals surface area contributed by atoms with Crippen molar-refractivity contribution >= 4 is 49.1 Å². The maximum atomic E-state index is 12.2.